The lowest BCUT2D eigenvalue weighted by Crippen LogP contribution is -2.18. The Morgan fingerprint density at radius 2 is 2.31 bits per heavy atom. The topological polar surface area (TPSA) is 34.0 Å². The van der Waals surface area contributed by atoms with E-state index in [1.807, 2.05) is 0 Å². The molecular formula is C13H20N2O. The number of rotatable bonds is 4. The molecule has 0 atom stereocenters. The number of aromatic nitrogens is 1. The first kappa shape index (κ1) is 11.2. The number of nitrogens with one attached hydrogen (secondary N) is 1. The zero-order valence-corrected chi connectivity index (χ0v) is 10.3. The quantitative estimate of drug-likeness (QED) is 0.608. The number of hydrogen-bond donors (Lipinski definition) is 1. The van der Waals surface area contributed by atoms with Gasteiger partial charge in [-0.3, -0.25) is 4.79 Å². The minimum absolute atomic E-state index is 0.385. The van der Waals surface area contributed by atoms with E-state index in [1.54, 1.807) is 0 Å². The maximum Gasteiger partial charge on any atom is 0.207 e. The van der Waals surface area contributed by atoms with Crippen molar-refractivity contribution in [3.8, 4) is 0 Å². The lowest BCUT2D eigenvalue weighted by Gasteiger charge is -2.17. The monoisotopic (exact) mass is 220 g/mol. The van der Waals surface area contributed by atoms with Crippen molar-refractivity contribution in [2.24, 2.45) is 5.41 Å². The van der Waals surface area contributed by atoms with Crippen LogP contribution in [0.15, 0.2) is 6.07 Å². The molecule has 0 aliphatic carbocycles. The predicted molar refractivity (Wildman–Crippen MR) is 64.4 cm³/mol. The summed E-state index contributed by atoms with van der Waals surface area (Å²) in [5, 5.41) is 2.73. The molecule has 1 aliphatic rings. The van der Waals surface area contributed by atoms with Gasteiger partial charge in [-0.05, 0) is 30.4 Å². The summed E-state index contributed by atoms with van der Waals surface area (Å²) in [6, 6.07) is 2.30. The predicted octanol–water partition coefficient (Wildman–Crippen LogP) is 1.67. The molecule has 0 radical (unpaired) electrons. The van der Waals surface area contributed by atoms with Gasteiger partial charge in [0.05, 0.1) is 0 Å². The fraction of sp³-hybridized carbons (Fsp3) is 0.615. The highest BCUT2D eigenvalue weighted by molar-refractivity contribution is 5.46. The van der Waals surface area contributed by atoms with Crippen molar-refractivity contribution >= 4 is 6.41 Å². The summed E-state index contributed by atoms with van der Waals surface area (Å²) in [5.41, 5.74) is 4.58. The second-order valence-corrected chi connectivity index (χ2v) is 5.51. The van der Waals surface area contributed by atoms with E-state index in [1.165, 1.54) is 17.0 Å². The van der Waals surface area contributed by atoms with Gasteiger partial charge in [0.25, 0.3) is 0 Å². The van der Waals surface area contributed by atoms with Crippen LogP contribution in [0.2, 0.25) is 0 Å². The van der Waals surface area contributed by atoms with Crippen molar-refractivity contribution < 1.29 is 4.79 Å². The standard InChI is InChI=1S/C13H20N2O/c1-10-6-11-7-13(2,3)8-15(11)12(10)4-5-14-9-16/h6,9H,4-5,7-8H2,1-3H3,(H,14,16). The van der Waals surface area contributed by atoms with Gasteiger partial charge in [-0.2, -0.15) is 0 Å². The van der Waals surface area contributed by atoms with Gasteiger partial charge in [0, 0.05) is 30.9 Å². The van der Waals surface area contributed by atoms with Gasteiger partial charge in [0.2, 0.25) is 6.41 Å². The minimum atomic E-state index is 0.385. The molecule has 3 heteroatoms. The average molecular weight is 220 g/mol. The molecule has 1 N–H and O–H groups in total. The second-order valence-electron chi connectivity index (χ2n) is 5.51. The highest BCUT2D eigenvalue weighted by Gasteiger charge is 2.30. The van der Waals surface area contributed by atoms with Crippen molar-refractivity contribution in [1.82, 2.24) is 9.88 Å². The van der Waals surface area contributed by atoms with Gasteiger partial charge in [-0.25, -0.2) is 0 Å². The first-order valence-electron chi connectivity index (χ1n) is 5.88. The molecular weight excluding hydrogens is 200 g/mol. The highest BCUT2D eigenvalue weighted by Crippen LogP contribution is 2.34. The SMILES string of the molecule is Cc1cc2n(c1CCNC=O)CC(C)(C)C2. The molecule has 1 aromatic heterocycles. The van der Waals surface area contributed by atoms with E-state index in [4.69, 9.17) is 0 Å². The molecule has 0 fully saturated rings. The van der Waals surface area contributed by atoms with E-state index < -0.39 is 0 Å². The van der Waals surface area contributed by atoms with Gasteiger partial charge >= 0.3 is 0 Å². The molecule has 0 saturated carbocycles. The number of carbonyl (C=O) groups is 1. The maximum atomic E-state index is 10.2. The van der Waals surface area contributed by atoms with Crippen LogP contribution in [0.4, 0.5) is 0 Å². The summed E-state index contributed by atoms with van der Waals surface area (Å²) in [6.07, 6.45) is 2.86. The van der Waals surface area contributed by atoms with Crippen LogP contribution in [0.5, 0.6) is 0 Å². The Kier molecular flexibility index (Phi) is 2.78. The Morgan fingerprint density at radius 1 is 1.56 bits per heavy atom. The van der Waals surface area contributed by atoms with Crippen LogP contribution in [0.25, 0.3) is 0 Å². The van der Waals surface area contributed by atoms with Gasteiger partial charge < -0.3 is 9.88 Å². The Balaban J connectivity index is 2.17. The molecule has 2 heterocycles. The molecule has 0 spiro atoms. The Labute approximate surface area is 96.8 Å². The van der Waals surface area contributed by atoms with Gasteiger partial charge in [-0.1, -0.05) is 13.8 Å². The van der Waals surface area contributed by atoms with Crippen LogP contribution >= 0.6 is 0 Å². The molecule has 0 aromatic carbocycles. The minimum Gasteiger partial charge on any atom is -0.358 e. The largest absolute Gasteiger partial charge is 0.358 e. The molecule has 0 unspecified atom stereocenters. The van der Waals surface area contributed by atoms with E-state index >= 15 is 0 Å². The smallest absolute Gasteiger partial charge is 0.207 e. The molecule has 1 amide bonds. The molecule has 16 heavy (non-hydrogen) atoms. The van der Waals surface area contributed by atoms with E-state index in [-0.39, 0.29) is 0 Å². The van der Waals surface area contributed by atoms with Crippen LogP contribution in [0, 0.1) is 12.3 Å². The van der Waals surface area contributed by atoms with E-state index in [9.17, 15) is 4.79 Å². The summed E-state index contributed by atoms with van der Waals surface area (Å²) in [7, 11) is 0. The number of hydrogen-bond acceptors (Lipinski definition) is 1. The second kappa shape index (κ2) is 3.96. The van der Waals surface area contributed by atoms with Crippen LogP contribution in [-0.4, -0.2) is 17.5 Å². The summed E-state index contributed by atoms with van der Waals surface area (Å²) in [6.45, 7) is 8.61. The van der Waals surface area contributed by atoms with Crippen molar-refractivity contribution in [1.29, 1.82) is 0 Å². The molecule has 1 aromatic rings. The Hall–Kier alpha value is -1.25. The summed E-state index contributed by atoms with van der Waals surface area (Å²) in [4.78, 5) is 10.2. The van der Waals surface area contributed by atoms with E-state index in [2.05, 4.69) is 36.7 Å². The molecule has 1 aliphatic heterocycles. The Bertz CT molecular complexity index is 404. The van der Waals surface area contributed by atoms with Crippen LogP contribution in [-0.2, 0) is 24.2 Å². The van der Waals surface area contributed by atoms with Gasteiger partial charge in [0.1, 0.15) is 0 Å². The number of amides is 1. The van der Waals surface area contributed by atoms with Gasteiger partial charge in [0.15, 0.2) is 0 Å². The zero-order valence-electron chi connectivity index (χ0n) is 10.3. The van der Waals surface area contributed by atoms with Crippen molar-refractivity contribution in [3.05, 3.63) is 23.0 Å². The van der Waals surface area contributed by atoms with E-state index in [0.717, 1.165) is 32.3 Å². The third-order valence-corrected chi connectivity index (χ3v) is 3.35. The van der Waals surface area contributed by atoms with Crippen LogP contribution in [0.1, 0.15) is 30.8 Å². The summed E-state index contributed by atoms with van der Waals surface area (Å²) < 4.78 is 2.43. The summed E-state index contributed by atoms with van der Waals surface area (Å²) in [5.74, 6) is 0. The highest BCUT2D eigenvalue weighted by atomic mass is 16.1. The summed E-state index contributed by atoms with van der Waals surface area (Å²) >= 11 is 0. The van der Waals surface area contributed by atoms with Crippen molar-refractivity contribution in [2.75, 3.05) is 6.54 Å². The third kappa shape index (κ3) is 1.99. The number of aryl methyl sites for hydroxylation is 1. The van der Waals surface area contributed by atoms with E-state index in [0.29, 0.717) is 5.41 Å². The van der Waals surface area contributed by atoms with Crippen LogP contribution < -0.4 is 5.32 Å². The van der Waals surface area contributed by atoms with Crippen molar-refractivity contribution in [2.45, 2.75) is 40.2 Å². The fourth-order valence-electron chi connectivity index (χ4n) is 2.70. The number of carbonyl (C=O) groups excluding carboxylic acids is 1. The van der Waals surface area contributed by atoms with Crippen molar-refractivity contribution in [3.63, 3.8) is 0 Å². The van der Waals surface area contributed by atoms with Crippen LogP contribution in [0.3, 0.4) is 0 Å². The molecule has 0 bridgehead atoms. The molecule has 2 rings (SSSR count). The zero-order chi connectivity index (χ0) is 11.8. The average Bonchev–Trinajstić information content (AvgIpc) is 2.60. The molecule has 0 saturated heterocycles. The number of fused-ring (bicyclic) bond motifs is 1. The first-order chi connectivity index (χ1) is 7.53. The fourth-order valence-corrected chi connectivity index (χ4v) is 2.70. The third-order valence-electron chi connectivity index (χ3n) is 3.35. The normalized spacial score (nSPS) is 17.2. The lowest BCUT2D eigenvalue weighted by atomic mass is 9.91. The maximum absolute atomic E-state index is 10.2. The molecule has 3 nitrogen and oxygen atoms in total. The molecule has 88 valence electrons. The number of nitrogens with zero attached hydrogens (tertiary/aromatic N) is 1. The lowest BCUT2D eigenvalue weighted by molar-refractivity contribution is -0.109. The van der Waals surface area contributed by atoms with Gasteiger partial charge in [-0.15, -0.1) is 0 Å². The Morgan fingerprint density at radius 3 is 3.00 bits per heavy atom. The first-order valence-corrected chi connectivity index (χ1v) is 5.88.